The number of hydrogen-bond acceptors (Lipinski definition) is 5. The molecule has 0 radical (unpaired) electrons. The van der Waals surface area contributed by atoms with Gasteiger partial charge >= 0.3 is 0 Å². The van der Waals surface area contributed by atoms with E-state index in [4.69, 9.17) is 20.3 Å². The highest BCUT2D eigenvalue weighted by Gasteiger charge is 2.35. The van der Waals surface area contributed by atoms with Gasteiger partial charge in [0.1, 0.15) is 19.4 Å². The lowest BCUT2D eigenvalue weighted by Crippen LogP contribution is -2.32. The molecule has 4 atom stereocenters. The van der Waals surface area contributed by atoms with Crippen LogP contribution in [0, 0.1) is 0 Å². The highest BCUT2D eigenvalue weighted by molar-refractivity contribution is 4.82. The average Bonchev–Trinajstić information content (AvgIpc) is 2.59. The molecule has 0 aliphatic carbocycles. The Morgan fingerprint density at radius 2 is 2.50 bits per heavy atom. The normalized spacial score (nSPS) is 31.1. The van der Waals surface area contributed by atoms with Gasteiger partial charge in [0.25, 0.3) is 0 Å². The second kappa shape index (κ2) is 6.62. The zero-order valence-electron chi connectivity index (χ0n) is 8.82. The Hall–Kier alpha value is -0.920. The Balaban J connectivity index is 2.52. The average molecular weight is 235 g/mol. The second-order valence-corrected chi connectivity index (χ2v) is 3.51. The molecule has 0 saturated carbocycles. The third kappa shape index (κ3) is 3.58. The van der Waals surface area contributed by atoms with Crippen molar-refractivity contribution in [1.29, 1.82) is 0 Å². The molecule has 16 heavy (non-hydrogen) atoms. The van der Waals surface area contributed by atoms with E-state index in [0.717, 1.165) is 0 Å². The Morgan fingerprint density at radius 1 is 1.75 bits per heavy atom. The van der Waals surface area contributed by atoms with Crippen molar-refractivity contribution in [3.05, 3.63) is 10.4 Å². The van der Waals surface area contributed by atoms with Crippen LogP contribution in [0.5, 0.6) is 0 Å². The van der Waals surface area contributed by atoms with Crippen LogP contribution in [0.1, 0.15) is 13.3 Å². The van der Waals surface area contributed by atoms with E-state index in [9.17, 15) is 4.39 Å². The van der Waals surface area contributed by atoms with Gasteiger partial charge in [0, 0.05) is 11.3 Å². The van der Waals surface area contributed by atoms with E-state index in [1.807, 2.05) is 6.92 Å². The minimum absolute atomic E-state index is 0.0652. The van der Waals surface area contributed by atoms with E-state index in [0.29, 0.717) is 6.42 Å². The van der Waals surface area contributed by atoms with Gasteiger partial charge in [-0.1, -0.05) is 5.11 Å². The van der Waals surface area contributed by atoms with Crippen LogP contribution in [-0.2, 0) is 14.4 Å². The fourth-order valence-electron chi connectivity index (χ4n) is 1.64. The summed E-state index contributed by atoms with van der Waals surface area (Å²) in [5.41, 5.74) is 8.18. The van der Waals surface area contributed by atoms with E-state index in [1.54, 1.807) is 0 Å². The van der Waals surface area contributed by atoms with Crippen molar-refractivity contribution in [2.24, 2.45) is 5.11 Å². The summed E-state index contributed by atoms with van der Waals surface area (Å²) in [5.74, 6) is 0. The maximum Gasteiger partial charge on any atom is 0.165 e. The van der Waals surface area contributed by atoms with E-state index in [-0.39, 0.29) is 12.7 Å². The molecule has 1 aliphatic heterocycles. The quantitative estimate of drug-likeness (QED) is 0.249. The van der Waals surface area contributed by atoms with Crippen molar-refractivity contribution in [3.8, 4) is 0 Å². The molecule has 1 saturated heterocycles. The number of nitrogens with zero attached hydrogens (tertiary/aromatic N) is 3. The minimum atomic E-state index is -1.16. The molecule has 0 amide bonds. The van der Waals surface area contributed by atoms with Gasteiger partial charge in [0.15, 0.2) is 6.23 Å². The first-order valence-electron chi connectivity index (χ1n) is 4.88. The molecule has 92 valence electrons. The molecule has 8 heteroatoms. The Kier molecular flexibility index (Phi) is 5.44. The maximum atomic E-state index is 12.4. The van der Waals surface area contributed by atoms with Gasteiger partial charge in [0.05, 0.1) is 12.2 Å². The molecule has 1 N–H and O–H groups in total. The number of hydrogen-bond donors (Lipinski definition) is 1. The van der Waals surface area contributed by atoms with Gasteiger partial charge in [-0.15, -0.1) is 0 Å². The van der Waals surface area contributed by atoms with Gasteiger partial charge in [-0.2, -0.15) is 0 Å². The van der Waals surface area contributed by atoms with Crippen molar-refractivity contribution in [2.75, 3.05) is 13.3 Å². The van der Waals surface area contributed by atoms with Crippen LogP contribution in [0.2, 0.25) is 0 Å². The third-order valence-corrected chi connectivity index (χ3v) is 2.27. The lowest BCUT2D eigenvalue weighted by Gasteiger charge is -2.20. The molecule has 7 nitrogen and oxygen atoms in total. The molecule has 0 aromatic rings. The molecular formula is C8H14FN3O4. The summed E-state index contributed by atoms with van der Waals surface area (Å²) in [7, 11) is 0. The molecule has 2 unspecified atom stereocenters. The predicted molar refractivity (Wildman–Crippen MR) is 51.3 cm³/mol. The topological polar surface area (TPSA) is 96.7 Å². The molecule has 0 spiro atoms. The smallest absolute Gasteiger partial charge is 0.165 e. The van der Waals surface area contributed by atoms with Crippen LogP contribution in [0.15, 0.2) is 5.11 Å². The third-order valence-electron chi connectivity index (χ3n) is 2.27. The zero-order valence-corrected chi connectivity index (χ0v) is 8.82. The summed E-state index contributed by atoms with van der Waals surface area (Å²) < 4.78 is 23.0. The molecule has 1 fully saturated rings. The number of halogens is 1. The molecule has 1 aliphatic rings. The summed E-state index contributed by atoms with van der Waals surface area (Å²) in [6, 6.07) is 0. The fraction of sp³-hybridized carbons (Fsp3) is 1.00. The number of azide groups is 1. The van der Waals surface area contributed by atoms with Gasteiger partial charge in [-0.25, -0.2) is 9.28 Å². The Morgan fingerprint density at radius 3 is 3.06 bits per heavy atom. The minimum Gasteiger partial charge on any atom is -0.370 e. The van der Waals surface area contributed by atoms with E-state index in [1.165, 1.54) is 0 Å². The molecular weight excluding hydrogens is 221 g/mol. The Labute approximate surface area is 91.7 Å². The fourth-order valence-corrected chi connectivity index (χ4v) is 1.64. The lowest BCUT2D eigenvalue weighted by molar-refractivity contribution is -0.265. The maximum absolute atomic E-state index is 12.4. The van der Waals surface area contributed by atoms with E-state index >= 15 is 0 Å². The Bertz CT molecular complexity index is 262. The van der Waals surface area contributed by atoms with Crippen molar-refractivity contribution in [2.45, 2.75) is 37.9 Å². The predicted octanol–water partition coefficient (Wildman–Crippen LogP) is 1.64. The molecule has 1 rings (SSSR count). The highest BCUT2D eigenvalue weighted by Crippen LogP contribution is 2.24. The van der Waals surface area contributed by atoms with Crippen molar-refractivity contribution in [1.82, 2.24) is 0 Å². The van der Waals surface area contributed by atoms with Crippen molar-refractivity contribution >= 4 is 0 Å². The lowest BCUT2D eigenvalue weighted by atomic mass is 10.1. The van der Waals surface area contributed by atoms with Crippen LogP contribution >= 0.6 is 0 Å². The van der Waals surface area contributed by atoms with Crippen LogP contribution in [0.25, 0.3) is 10.4 Å². The standard InChI is InChI=1S/C8H14FN3O4/c1-5-2-6(7(15-5)4-14-13)16-8(3-9)11-12-10/h5-8,13H,2-4H2,1H3/t5-,6?,7+,8?/m0/s1. The monoisotopic (exact) mass is 235 g/mol. The molecule has 0 aromatic carbocycles. The molecule has 0 aromatic heterocycles. The van der Waals surface area contributed by atoms with Crippen molar-refractivity contribution in [3.63, 3.8) is 0 Å². The summed E-state index contributed by atoms with van der Waals surface area (Å²) >= 11 is 0. The first kappa shape index (κ1) is 13.1. The summed E-state index contributed by atoms with van der Waals surface area (Å²) in [6.07, 6.45) is -1.64. The summed E-state index contributed by atoms with van der Waals surface area (Å²) in [4.78, 5) is 6.45. The van der Waals surface area contributed by atoms with Crippen molar-refractivity contribution < 1.29 is 24.0 Å². The van der Waals surface area contributed by atoms with E-state index < -0.39 is 25.1 Å². The van der Waals surface area contributed by atoms with Crippen LogP contribution < -0.4 is 0 Å². The zero-order chi connectivity index (χ0) is 12.0. The number of ether oxygens (including phenoxy) is 2. The van der Waals surface area contributed by atoms with Gasteiger partial charge in [-0.05, 0) is 12.5 Å². The van der Waals surface area contributed by atoms with Crippen LogP contribution in [0.3, 0.4) is 0 Å². The molecule has 0 bridgehead atoms. The van der Waals surface area contributed by atoms with Crippen LogP contribution in [-0.4, -0.2) is 43.1 Å². The van der Waals surface area contributed by atoms with E-state index in [2.05, 4.69) is 14.9 Å². The highest BCUT2D eigenvalue weighted by atomic mass is 19.1. The second-order valence-electron chi connectivity index (χ2n) is 3.51. The van der Waals surface area contributed by atoms with Gasteiger partial charge in [0.2, 0.25) is 0 Å². The first-order chi connectivity index (χ1) is 7.71. The molecule has 1 heterocycles. The van der Waals surface area contributed by atoms with Gasteiger partial charge in [-0.3, -0.25) is 5.26 Å². The van der Waals surface area contributed by atoms with Crippen LogP contribution in [0.4, 0.5) is 4.39 Å². The number of rotatable bonds is 6. The largest absolute Gasteiger partial charge is 0.370 e. The first-order valence-corrected chi connectivity index (χ1v) is 4.88. The summed E-state index contributed by atoms with van der Waals surface area (Å²) in [5, 5.41) is 11.5. The van der Waals surface area contributed by atoms with Gasteiger partial charge < -0.3 is 9.47 Å². The SMILES string of the molecule is C[C@H]1CC(OC(CF)N=[N+]=[N-])[C@@H](COO)O1. The number of alkyl halides is 1. The summed E-state index contributed by atoms with van der Waals surface area (Å²) in [6.45, 7) is 0.859.